The third-order valence-corrected chi connectivity index (χ3v) is 1.91. The molecule has 2 unspecified atom stereocenters. The summed E-state index contributed by atoms with van der Waals surface area (Å²) in [5.41, 5.74) is 0. The molecule has 1 N–H and O–H groups in total. The molecule has 56 valence electrons. The summed E-state index contributed by atoms with van der Waals surface area (Å²) in [6.07, 6.45) is 3.62. The number of aliphatic carboxylic acids is 1. The summed E-state index contributed by atoms with van der Waals surface area (Å²) in [6, 6.07) is -0.170. The van der Waals surface area contributed by atoms with Crippen molar-refractivity contribution in [3.05, 3.63) is 12.2 Å². The molecule has 2 atom stereocenters. The first kappa shape index (κ1) is 7.28. The second kappa shape index (κ2) is 2.42. The van der Waals surface area contributed by atoms with Gasteiger partial charge < -0.3 is 5.11 Å². The molecule has 1 aliphatic heterocycles. The van der Waals surface area contributed by atoms with Crippen molar-refractivity contribution < 1.29 is 9.90 Å². The van der Waals surface area contributed by atoms with E-state index in [1.54, 1.807) is 6.08 Å². The molecule has 3 heteroatoms. The number of carboxylic acid groups (broad SMARTS) is 1. The van der Waals surface area contributed by atoms with E-state index in [9.17, 15) is 4.79 Å². The Kier molecular flexibility index (Phi) is 1.76. The van der Waals surface area contributed by atoms with Gasteiger partial charge in [-0.3, -0.25) is 9.69 Å². The predicted octanol–water partition coefficient (Wildman–Crippen LogP) is 0.330. The average molecular weight is 141 g/mol. The number of rotatable bonds is 1. The van der Waals surface area contributed by atoms with E-state index >= 15 is 0 Å². The Labute approximate surface area is 59.9 Å². The van der Waals surface area contributed by atoms with Crippen molar-refractivity contribution >= 4 is 5.97 Å². The van der Waals surface area contributed by atoms with Crippen LogP contribution in [0.4, 0.5) is 0 Å². The van der Waals surface area contributed by atoms with Gasteiger partial charge in [-0.2, -0.15) is 0 Å². The van der Waals surface area contributed by atoms with Crippen molar-refractivity contribution in [1.29, 1.82) is 0 Å². The maximum atomic E-state index is 10.5. The van der Waals surface area contributed by atoms with Gasteiger partial charge in [0.05, 0.1) is 0 Å². The molecule has 0 saturated heterocycles. The smallest absolute Gasteiger partial charge is 0.324 e. The van der Waals surface area contributed by atoms with E-state index in [-0.39, 0.29) is 6.04 Å². The Hall–Kier alpha value is -0.830. The summed E-state index contributed by atoms with van der Waals surface area (Å²) in [5.74, 6) is -0.775. The minimum atomic E-state index is -0.775. The Balaban J connectivity index is 2.66. The van der Waals surface area contributed by atoms with Crippen LogP contribution in [0.2, 0.25) is 0 Å². The van der Waals surface area contributed by atoms with Crippen molar-refractivity contribution in [2.24, 2.45) is 0 Å². The Morgan fingerprint density at radius 3 is 2.40 bits per heavy atom. The summed E-state index contributed by atoms with van der Waals surface area (Å²) in [5, 5.41) is 8.61. The molecule has 0 fully saturated rings. The summed E-state index contributed by atoms with van der Waals surface area (Å²) < 4.78 is 0. The van der Waals surface area contributed by atoms with Gasteiger partial charge in [0.25, 0.3) is 0 Å². The molecule has 0 saturated carbocycles. The summed E-state index contributed by atoms with van der Waals surface area (Å²) in [6.45, 7) is 1.97. The van der Waals surface area contributed by atoms with Crippen molar-refractivity contribution in [1.82, 2.24) is 4.90 Å². The lowest BCUT2D eigenvalue weighted by Crippen LogP contribution is -2.36. The molecule has 0 amide bonds. The van der Waals surface area contributed by atoms with Gasteiger partial charge in [-0.1, -0.05) is 12.2 Å². The van der Waals surface area contributed by atoms with Crippen molar-refractivity contribution in [3.63, 3.8) is 0 Å². The molecular weight excluding hydrogens is 130 g/mol. The topological polar surface area (TPSA) is 40.5 Å². The quantitative estimate of drug-likeness (QED) is 0.535. The molecular formula is C7H11NO2. The van der Waals surface area contributed by atoms with E-state index in [0.717, 1.165) is 0 Å². The average Bonchev–Trinajstić information content (AvgIpc) is 2.14. The first-order valence-corrected chi connectivity index (χ1v) is 3.26. The van der Waals surface area contributed by atoms with Crippen LogP contribution in [0.3, 0.4) is 0 Å². The highest BCUT2D eigenvalue weighted by molar-refractivity contribution is 5.76. The van der Waals surface area contributed by atoms with E-state index in [1.165, 1.54) is 0 Å². The lowest BCUT2D eigenvalue weighted by atomic mass is 10.3. The molecule has 1 aliphatic rings. The number of carbonyl (C=O) groups is 1. The molecule has 10 heavy (non-hydrogen) atoms. The minimum Gasteiger partial charge on any atom is -0.480 e. The third-order valence-electron chi connectivity index (χ3n) is 1.91. The fourth-order valence-corrected chi connectivity index (χ4v) is 1.05. The summed E-state index contributed by atoms with van der Waals surface area (Å²) >= 11 is 0. The highest BCUT2D eigenvalue weighted by Crippen LogP contribution is 2.13. The van der Waals surface area contributed by atoms with Gasteiger partial charge in [0.2, 0.25) is 0 Å². The molecule has 1 heterocycles. The van der Waals surface area contributed by atoms with Gasteiger partial charge in [0.1, 0.15) is 6.04 Å². The van der Waals surface area contributed by atoms with E-state index in [4.69, 9.17) is 5.11 Å². The Morgan fingerprint density at radius 2 is 2.20 bits per heavy atom. The van der Waals surface area contributed by atoms with Crippen LogP contribution in [0.5, 0.6) is 0 Å². The van der Waals surface area contributed by atoms with Crippen molar-refractivity contribution in [2.75, 3.05) is 7.05 Å². The van der Waals surface area contributed by atoms with Crippen molar-refractivity contribution in [2.45, 2.75) is 19.0 Å². The van der Waals surface area contributed by atoms with Crippen LogP contribution < -0.4 is 0 Å². The summed E-state index contributed by atoms with van der Waals surface area (Å²) in [4.78, 5) is 12.3. The molecule has 0 bridgehead atoms. The molecule has 0 aromatic carbocycles. The number of hydrogen-bond donors (Lipinski definition) is 1. The van der Waals surface area contributed by atoms with Gasteiger partial charge in [-0.05, 0) is 14.0 Å². The largest absolute Gasteiger partial charge is 0.480 e. The second-order valence-electron chi connectivity index (χ2n) is 2.57. The third kappa shape index (κ3) is 1.04. The maximum Gasteiger partial charge on any atom is 0.324 e. The van der Waals surface area contributed by atoms with Crippen LogP contribution in [-0.2, 0) is 4.79 Å². The molecule has 0 aromatic heterocycles. The van der Waals surface area contributed by atoms with Gasteiger partial charge in [-0.25, -0.2) is 0 Å². The zero-order chi connectivity index (χ0) is 7.72. The Morgan fingerprint density at radius 1 is 1.60 bits per heavy atom. The molecule has 1 rings (SSSR count). The number of nitrogens with zero attached hydrogens (tertiary/aromatic N) is 1. The zero-order valence-electron chi connectivity index (χ0n) is 6.11. The van der Waals surface area contributed by atoms with Gasteiger partial charge in [-0.15, -0.1) is 0 Å². The van der Waals surface area contributed by atoms with Crippen LogP contribution in [0.25, 0.3) is 0 Å². The van der Waals surface area contributed by atoms with E-state index in [2.05, 4.69) is 0 Å². The first-order chi connectivity index (χ1) is 4.63. The van der Waals surface area contributed by atoms with Gasteiger partial charge >= 0.3 is 5.97 Å². The second-order valence-corrected chi connectivity index (χ2v) is 2.57. The molecule has 0 spiro atoms. The fraction of sp³-hybridized carbons (Fsp3) is 0.571. The molecule has 0 radical (unpaired) electrons. The number of likely N-dealkylation sites (N-methyl/N-ethyl adjacent to an activating group) is 1. The normalized spacial score (nSPS) is 33.0. The summed E-state index contributed by atoms with van der Waals surface area (Å²) in [7, 11) is 1.81. The van der Waals surface area contributed by atoms with Crippen molar-refractivity contribution in [3.8, 4) is 0 Å². The van der Waals surface area contributed by atoms with E-state index in [0.29, 0.717) is 0 Å². The lowest BCUT2D eigenvalue weighted by molar-refractivity contribution is -0.140. The van der Waals surface area contributed by atoms with E-state index < -0.39 is 12.0 Å². The standard InChI is InChI=1S/C7H11NO2/c1-5-3-4-6(7(9)10)8(5)2/h3-6H,1-2H3,(H,9,10). The Bertz CT molecular complexity index is 176. The fourth-order valence-electron chi connectivity index (χ4n) is 1.05. The van der Waals surface area contributed by atoms with Crippen LogP contribution in [0.1, 0.15) is 6.92 Å². The van der Waals surface area contributed by atoms with Gasteiger partial charge in [0, 0.05) is 6.04 Å². The van der Waals surface area contributed by atoms with Crippen LogP contribution >= 0.6 is 0 Å². The van der Waals surface area contributed by atoms with Gasteiger partial charge in [0.15, 0.2) is 0 Å². The monoisotopic (exact) mass is 141 g/mol. The van der Waals surface area contributed by atoms with Crippen LogP contribution in [0, 0.1) is 0 Å². The van der Waals surface area contributed by atoms with E-state index in [1.807, 2.05) is 24.9 Å². The predicted molar refractivity (Wildman–Crippen MR) is 37.8 cm³/mol. The number of carboxylic acids is 1. The van der Waals surface area contributed by atoms with Crippen LogP contribution in [-0.4, -0.2) is 35.1 Å². The van der Waals surface area contributed by atoms with Crippen LogP contribution in [0.15, 0.2) is 12.2 Å². The molecule has 0 aromatic rings. The maximum absolute atomic E-state index is 10.5. The highest BCUT2D eigenvalue weighted by atomic mass is 16.4. The minimum absolute atomic E-state index is 0.251. The number of hydrogen-bond acceptors (Lipinski definition) is 2. The highest BCUT2D eigenvalue weighted by Gasteiger charge is 2.26. The SMILES string of the molecule is CC1C=CC(C(=O)O)N1C. The molecule has 3 nitrogen and oxygen atoms in total. The zero-order valence-corrected chi connectivity index (χ0v) is 6.11. The first-order valence-electron chi connectivity index (χ1n) is 3.26. The molecule has 0 aliphatic carbocycles. The lowest BCUT2D eigenvalue weighted by Gasteiger charge is -2.19.